The highest BCUT2D eigenvalue weighted by atomic mass is 19.1. The van der Waals surface area contributed by atoms with Gasteiger partial charge in [-0.2, -0.15) is 4.39 Å². The topological polar surface area (TPSA) is 54.0 Å². The molecule has 0 unspecified atom stereocenters. The number of rotatable bonds is 13. The van der Waals surface area contributed by atoms with Gasteiger partial charge in [-0.15, -0.1) is 0 Å². The molecule has 0 fully saturated rings. The van der Waals surface area contributed by atoms with E-state index >= 15 is 0 Å². The van der Waals surface area contributed by atoms with Crippen molar-refractivity contribution in [3.8, 4) is 0 Å². The monoisotopic (exact) mass is 252 g/mol. The third-order valence-corrected chi connectivity index (χ3v) is 1.76. The van der Waals surface area contributed by atoms with Crippen molar-refractivity contribution < 1.29 is 28.1 Å². The summed E-state index contributed by atoms with van der Waals surface area (Å²) in [6.07, 6.45) is -0.194. The summed E-state index contributed by atoms with van der Waals surface area (Å²) in [6.45, 7) is 5.64. The van der Waals surface area contributed by atoms with Crippen molar-refractivity contribution in [2.45, 2.75) is 13.3 Å². The Kier molecular flexibility index (Phi) is 13.1. The molecule has 0 saturated carbocycles. The molecule has 5 nitrogen and oxygen atoms in total. The molecule has 0 aromatic heterocycles. The molecular weight excluding hydrogens is 231 g/mol. The van der Waals surface area contributed by atoms with Gasteiger partial charge in [-0.25, -0.2) is 0 Å². The van der Waals surface area contributed by atoms with Gasteiger partial charge in [-0.1, -0.05) is 0 Å². The van der Waals surface area contributed by atoms with Crippen molar-refractivity contribution in [1.82, 2.24) is 0 Å². The summed E-state index contributed by atoms with van der Waals surface area (Å²) in [5.74, 6) is 0. The van der Waals surface area contributed by atoms with Crippen LogP contribution in [0.3, 0.4) is 0 Å². The molecule has 0 amide bonds. The first-order chi connectivity index (χ1) is 8.27. The van der Waals surface area contributed by atoms with Crippen LogP contribution in [-0.2, 0) is 23.7 Å². The molecule has 0 aromatic rings. The van der Waals surface area contributed by atoms with Gasteiger partial charge >= 0.3 is 6.04 Å². The van der Waals surface area contributed by atoms with E-state index in [1.165, 1.54) is 0 Å². The second-order valence-electron chi connectivity index (χ2n) is 3.14. The Bertz CT molecular complexity index is 177. The zero-order valence-corrected chi connectivity index (χ0v) is 10.3. The van der Waals surface area contributed by atoms with Crippen LogP contribution in [0.4, 0.5) is 4.39 Å². The van der Waals surface area contributed by atoms with Gasteiger partial charge in [0.15, 0.2) is 0 Å². The van der Waals surface area contributed by atoms with Crippen LogP contribution in [0.15, 0.2) is 0 Å². The van der Waals surface area contributed by atoms with E-state index in [9.17, 15) is 9.18 Å². The minimum atomic E-state index is -1.35. The van der Waals surface area contributed by atoms with E-state index in [1.807, 2.05) is 6.92 Å². The molecule has 0 aliphatic carbocycles. The fourth-order valence-corrected chi connectivity index (χ4v) is 0.956. The van der Waals surface area contributed by atoms with Crippen LogP contribution in [-0.4, -0.2) is 58.9 Å². The lowest BCUT2D eigenvalue weighted by atomic mass is 10.5. The maximum atomic E-state index is 11.7. The second kappa shape index (κ2) is 13.5. The van der Waals surface area contributed by atoms with E-state index in [1.54, 1.807) is 0 Å². The predicted molar refractivity (Wildman–Crippen MR) is 59.7 cm³/mol. The van der Waals surface area contributed by atoms with Crippen molar-refractivity contribution in [3.63, 3.8) is 0 Å². The zero-order valence-electron chi connectivity index (χ0n) is 10.3. The molecule has 0 bridgehead atoms. The van der Waals surface area contributed by atoms with Crippen LogP contribution in [0.1, 0.15) is 13.3 Å². The van der Waals surface area contributed by atoms with E-state index in [2.05, 4.69) is 0 Å². The SMILES string of the molecule is CCOCCOCCOCCOCCC(=O)F. The summed E-state index contributed by atoms with van der Waals surface area (Å²) in [6, 6.07) is -1.35. The molecule has 0 aromatic carbocycles. The van der Waals surface area contributed by atoms with Crippen LogP contribution < -0.4 is 0 Å². The highest BCUT2D eigenvalue weighted by Crippen LogP contribution is 1.87. The first-order valence-electron chi connectivity index (χ1n) is 5.76. The molecule has 0 heterocycles. The minimum absolute atomic E-state index is 0.101. The number of hydrogen-bond donors (Lipinski definition) is 0. The van der Waals surface area contributed by atoms with Crippen LogP contribution in [0.25, 0.3) is 0 Å². The van der Waals surface area contributed by atoms with Crippen LogP contribution in [0, 0.1) is 0 Å². The van der Waals surface area contributed by atoms with Crippen molar-refractivity contribution in [1.29, 1.82) is 0 Å². The van der Waals surface area contributed by atoms with E-state index in [0.717, 1.165) is 0 Å². The normalized spacial score (nSPS) is 10.7. The van der Waals surface area contributed by atoms with Gasteiger partial charge in [-0.3, -0.25) is 4.79 Å². The Labute approximate surface area is 101 Å². The third-order valence-electron chi connectivity index (χ3n) is 1.76. The molecule has 0 saturated heterocycles. The van der Waals surface area contributed by atoms with E-state index in [0.29, 0.717) is 46.2 Å². The van der Waals surface area contributed by atoms with E-state index < -0.39 is 6.04 Å². The molecule has 0 spiro atoms. The summed E-state index contributed by atoms with van der Waals surface area (Å²) in [7, 11) is 0. The predicted octanol–water partition coefficient (Wildman–Crippen LogP) is 0.959. The van der Waals surface area contributed by atoms with Gasteiger partial charge in [-0.05, 0) is 6.92 Å². The molecular formula is C11H21FO5. The lowest BCUT2D eigenvalue weighted by Gasteiger charge is -2.06. The third kappa shape index (κ3) is 15.4. The highest BCUT2D eigenvalue weighted by Gasteiger charge is 1.97. The number of ether oxygens (including phenoxy) is 4. The molecule has 6 heteroatoms. The Morgan fingerprint density at radius 1 is 0.824 bits per heavy atom. The minimum Gasteiger partial charge on any atom is -0.379 e. The smallest absolute Gasteiger partial charge is 0.303 e. The van der Waals surface area contributed by atoms with Gasteiger partial charge in [0.05, 0.1) is 52.7 Å². The van der Waals surface area contributed by atoms with Gasteiger partial charge < -0.3 is 18.9 Å². The van der Waals surface area contributed by atoms with Crippen LogP contribution in [0.2, 0.25) is 0 Å². The van der Waals surface area contributed by atoms with E-state index in [-0.39, 0.29) is 13.0 Å². The first-order valence-corrected chi connectivity index (χ1v) is 5.76. The second-order valence-corrected chi connectivity index (χ2v) is 3.14. The van der Waals surface area contributed by atoms with Crippen LogP contribution in [0.5, 0.6) is 0 Å². The summed E-state index contributed by atoms with van der Waals surface area (Å²) < 4.78 is 32.2. The Morgan fingerprint density at radius 2 is 1.24 bits per heavy atom. The molecule has 0 aliphatic heterocycles. The van der Waals surface area contributed by atoms with Crippen molar-refractivity contribution in [3.05, 3.63) is 0 Å². The largest absolute Gasteiger partial charge is 0.379 e. The van der Waals surface area contributed by atoms with Crippen molar-refractivity contribution >= 4 is 6.04 Å². The lowest BCUT2D eigenvalue weighted by Crippen LogP contribution is -2.12. The fraction of sp³-hybridized carbons (Fsp3) is 0.909. The summed E-state index contributed by atoms with van der Waals surface area (Å²) in [4.78, 5) is 9.92. The van der Waals surface area contributed by atoms with Crippen LogP contribution >= 0.6 is 0 Å². The van der Waals surface area contributed by atoms with Gasteiger partial charge in [0.25, 0.3) is 0 Å². The maximum absolute atomic E-state index is 11.7. The summed E-state index contributed by atoms with van der Waals surface area (Å²) >= 11 is 0. The zero-order chi connectivity index (χ0) is 12.8. The van der Waals surface area contributed by atoms with Gasteiger partial charge in [0.1, 0.15) is 0 Å². The molecule has 0 radical (unpaired) electrons. The van der Waals surface area contributed by atoms with E-state index in [4.69, 9.17) is 18.9 Å². The molecule has 0 N–H and O–H groups in total. The van der Waals surface area contributed by atoms with Crippen molar-refractivity contribution in [2.75, 3.05) is 52.9 Å². The number of carbonyl (C=O) groups is 1. The number of carbonyl (C=O) groups excluding carboxylic acids is 1. The first kappa shape index (κ1) is 16.4. The molecule has 0 rings (SSSR count). The standard InChI is InChI=1S/C11H21FO5/c1-2-14-5-6-16-9-10-17-8-7-15-4-3-11(12)13/h2-10H2,1H3. The molecule has 0 aliphatic rings. The van der Waals surface area contributed by atoms with Gasteiger partial charge in [0, 0.05) is 6.61 Å². The molecule has 0 atom stereocenters. The highest BCUT2D eigenvalue weighted by molar-refractivity contribution is 5.67. The number of halogens is 1. The Balaban J connectivity index is 2.91. The van der Waals surface area contributed by atoms with Gasteiger partial charge in [0.2, 0.25) is 0 Å². The molecule has 17 heavy (non-hydrogen) atoms. The average Bonchev–Trinajstić information content (AvgIpc) is 2.30. The maximum Gasteiger partial charge on any atom is 0.303 e. The number of hydrogen-bond acceptors (Lipinski definition) is 5. The average molecular weight is 252 g/mol. The lowest BCUT2D eigenvalue weighted by molar-refractivity contribution is -0.130. The fourth-order valence-electron chi connectivity index (χ4n) is 0.956. The Morgan fingerprint density at radius 3 is 1.65 bits per heavy atom. The Hall–Kier alpha value is -0.560. The summed E-state index contributed by atoms with van der Waals surface area (Å²) in [5, 5.41) is 0. The van der Waals surface area contributed by atoms with Crippen molar-refractivity contribution in [2.24, 2.45) is 0 Å². The molecule has 102 valence electrons. The quantitative estimate of drug-likeness (QED) is 0.361. The summed E-state index contributed by atoms with van der Waals surface area (Å²) in [5.41, 5.74) is 0.